The van der Waals surface area contributed by atoms with E-state index in [-0.39, 0.29) is 0 Å². The fourth-order valence-corrected chi connectivity index (χ4v) is 2.87. The minimum absolute atomic E-state index is 0.421. The molecule has 0 bridgehead atoms. The van der Waals surface area contributed by atoms with Crippen molar-refractivity contribution in [1.29, 1.82) is 0 Å². The summed E-state index contributed by atoms with van der Waals surface area (Å²) in [5.74, 6) is 1.97. The molecule has 1 aromatic heterocycles. The van der Waals surface area contributed by atoms with Crippen LogP contribution in [0.5, 0.6) is 5.75 Å². The first kappa shape index (κ1) is 13.4. The van der Waals surface area contributed by atoms with Gasteiger partial charge in [-0.05, 0) is 30.0 Å². The van der Waals surface area contributed by atoms with Crippen molar-refractivity contribution >= 4 is 22.9 Å². The van der Waals surface area contributed by atoms with Gasteiger partial charge in [-0.1, -0.05) is 12.1 Å². The standard InChI is InChI=1S/C14H16ClNOS/c1-17-13-4-2-3-11(8-13)7-12(10-15)9-14-16-5-6-18-14/h2-6,8,12H,7,9-10H2,1H3. The van der Waals surface area contributed by atoms with Gasteiger partial charge in [0.15, 0.2) is 0 Å². The molecule has 0 amide bonds. The molecule has 0 spiro atoms. The van der Waals surface area contributed by atoms with E-state index < -0.39 is 0 Å². The van der Waals surface area contributed by atoms with Gasteiger partial charge in [-0.15, -0.1) is 22.9 Å². The summed E-state index contributed by atoms with van der Waals surface area (Å²) in [6.07, 6.45) is 3.75. The highest BCUT2D eigenvalue weighted by molar-refractivity contribution is 7.09. The van der Waals surface area contributed by atoms with E-state index in [1.54, 1.807) is 18.4 Å². The number of hydrogen-bond donors (Lipinski definition) is 0. The van der Waals surface area contributed by atoms with Gasteiger partial charge in [0, 0.05) is 23.9 Å². The number of methoxy groups -OCH3 is 1. The van der Waals surface area contributed by atoms with E-state index in [1.807, 2.05) is 23.7 Å². The van der Waals surface area contributed by atoms with E-state index in [1.165, 1.54) is 5.56 Å². The number of thiazole rings is 1. The summed E-state index contributed by atoms with van der Waals surface area (Å²) in [7, 11) is 1.69. The SMILES string of the molecule is COc1cccc(CC(CCl)Cc2nccs2)c1. The third-order valence-corrected chi connectivity index (χ3v) is 4.06. The second-order valence-corrected chi connectivity index (χ2v) is 5.49. The molecule has 2 aromatic rings. The molecule has 0 radical (unpaired) electrons. The van der Waals surface area contributed by atoms with E-state index >= 15 is 0 Å². The molecular weight excluding hydrogens is 266 g/mol. The van der Waals surface area contributed by atoms with Crippen molar-refractivity contribution in [1.82, 2.24) is 4.98 Å². The van der Waals surface area contributed by atoms with Crippen LogP contribution in [0.4, 0.5) is 0 Å². The summed E-state index contributed by atoms with van der Waals surface area (Å²) >= 11 is 7.74. The van der Waals surface area contributed by atoms with Crippen LogP contribution in [0, 0.1) is 5.92 Å². The number of benzene rings is 1. The van der Waals surface area contributed by atoms with E-state index in [0.717, 1.165) is 23.6 Å². The topological polar surface area (TPSA) is 22.1 Å². The number of nitrogens with zero attached hydrogens (tertiary/aromatic N) is 1. The van der Waals surface area contributed by atoms with Crippen molar-refractivity contribution < 1.29 is 4.74 Å². The molecule has 0 N–H and O–H groups in total. The van der Waals surface area contributed by atoms with E-state index in [0.29, 0.717) is 11.8 Å². The van der Waals surface area contributed by atoms with Gasteiger partial charge in [0.05, 0.1) is 12.1 Å². The number of hydrogen-bond acceptors (Lipinski definition) is 3. The minimum Gasteiger partial charge on any atom is -0.497 e. The molecule has 2 rings (SSSR count). The molecule has 1 atom stereocenters. The summed E-state index contributed by atoms with van der Waals surface area (Å²) in [6, 6.07) is 8.16. The Balaban J connectivity index is 2.00. The molecule has 18 heavy (non-hydrogen) atoms. The highest BCUT2D eigenvalue weighted by Crippen LogP contribution is 2.20. The Labute approximate surface area is 117 Å². The molecule has 2 nitrogen and oxygen atoms in total. The zero-order valence-corrected chi connectivity index (χ0v) is 11.9. The molecule has 96 valence electrons. The van der Waals surface area contributed by atoms with Gasteiger partial charge in [-0.3, -0.25) is 0 Å². The Morgan fingerprint density at radius 1 is 1.39 bits per heavy atom. The lowest BCUT2D eigenvalue weighted by Crippen LogP contribution is -2.10. The van der Waals surface area contributed by atoms with Gasteiger partial charge in [0.1, 0.15) is 5.75 Å². The normalized spacial score (nSPS) is 12.3. The summed E-state index contributed by atoms with van der Waals surface area (Å²) in [5.41, 5.74) is 1.26. The van der Waals surface area contributed by atoms with E-state index in [2.05, 4.69) is 17.1 Å². The van der Waals surface area contributed by atoms with Crippen LogP contribution in [-0.2, 0) is 12.8 Å². The summed E-state index contributed by atoms with van der Waals surface area (Å²) in [6.45, 7) is 0. The van der Waals surface area contributed by atoms with Crippen molar-refractivity contribution in [2.75, 3.05) is 13.0 Å². The highest BCUT2D eigenvalue weighted by Gasteiger charge is 2.11. The number of aromatic nitrogens is 1. The lowest BCUT2D eigenvalue weighted by atomic mass is 9.98. The minimum atomic E-state index is 0.421. The van der Waals surface area contributed by atoms with Crippen LogP contribution in [0.15, 0.2) is 35.8 Å². The van der Waals surface area contributed by atoms with E-state index in [9.17, 15) is 0 Å². The van der Waals surface area contributed by atoms with Crippen LogP contribution in [0.2, 0.25) is 0 Å². The van der Waals surface area contributed by atoms with Gasteiger partial charge in [0.25, 0.3) is 0 Å². The lowest BCUT2D eigenvalue weighted by Gasteiger charge is -2.13. The monoisotopic (exact) mass is 281 g/mol. The first-order chi connectivity index (χ1) is 8.81. The predicted molar refractivity (Wildman–Crippen MR) is 76.7 cm³/mol. The Morgan fingerprint density at radius 2 is 2.28 bits per heavy atom. The van der Waals surface area contributed by atoms with Crippen LogP contribution in [-0.4, -0.2) is 18.0 Å². The first-order valence-corrected chi connectivity index (χ1v) is 7.30. The Bertz CT molecular complexity index is 472. The van der Waals surface area contributed by atoms with Gasteiger partial charge in [-0.25, -0.2) is 4.98 Å². The number of ether oxygens (including phenoxy) is 1. The van der Waals surface area contributed by atoms with Crippen LogP contribution < -0.4 is 4.74 Å². The average molecular weight is 282 g/mol. The average Bonchev–Trinajstić information content (AvgIpc) is 2.91. The largest absolute Gasteiger partial charge is 0.497 e. The molecule has 0 aliphatic carbocycles. The van der Waals surface area contributed by atoms with Gasteiger partial charge in [0.2, 0.25) is 0 Å². The summed E-state index contributed by atoms with van der Waals surface area (Å²) in [4.78, 5) is 4.31. The quantitative estimate of drug-likeness (QED) is 0.752. The van der Waals surface area contributed by atoms with E-state index in [4.69, 9.17) is 16.3 Å². The maximum absolute atomic E-state index is 6.05. The Morgan fingerprint density at radius 3 is 2.94 bits per heavy atom. The first-order valence-electron chi connectivity index (χ1n) is 5.89. The third kappa shape index (κ3) is 3.72. The maximum Gasteiger partial charge on any atom is 0.119 e. The zero-order chi connectivity index (χ0) is 12.8. The highest BCUT2D eigenvalue weighted by atomic mass is 35.5. The van der Waals surface area contributed by atoms with Gasteiger partial charge in [-0.2, -0.15) is 0 Å². The molecule has 1 unspecified atom stereocenters. The number of alkyl halides is 1. The molecule has 1 aromatic carbocycles. The molecule has 0 fully saturated rings. The third-order valence-electron chi connectivity index (χ3n) is 2.82. The van der Waals surface area contributed by atoms with Gasteiger partial charge < -0.3 is 4.74 Å². The number of halogens is 1. The van der Waals surface area contributed by atoms with Gasteiger partial charge >= 0.3 is 0 Å². The van der Waals surface area contributed by atoms with Crippen molar-refractivity contribution in [3.8, 4) is 5.75 Å². The van der Waals surface area contributed by atoms with Crippen molar-refractivity contribution in [2.24, 2.45) is 5.92 Å². The summed E-state index contributed by atoms with van der Waals surface area (Å²) in [5, 5.41) is 3.16. The second-order valence-electron chi connectivity index (χ2n) is 4.21. The summed E-state index contributed by atoms with van der Waals surface area (Å²) < 4.78 is 5.23. The lowest BCUT2D eigenvalue weighted by molar-refractivity contribution is 0.414. The fourth-order valence-electron chi connectivity index (χ4n) is 1.91. The maximum atomic E-state index is 6.05. The molecule has 1 heterocycles. The van der Waals surface area contributed by atoms with Crippen molar-refractivity contribution in [3.63, 3.8) is 0 Å². The van der Waals surface area contributed by atoms with Crippen LogP contribution in [0.25, 0.3) is 0 Å². The molecule has 0 aliphatic heterocycles. The second kappa shape index (κ2) is 6.76. The van der Waals surface area contributed by atoms with Crippen LogP contribution >= 0.6 is 22.9 Å². The molecular formula is C14H16ClNOS. The predicted octanol–water partition coefficient (Wildman–Crippen LogP) is 3.79. The Kier molecular flexibility index (Phi) is 5.02. The van der Waals surface area contributed by atoms with Crippen LogP contribution in [0.1, 0.15) is 10.6 Å². The smallest absolute Gasteiger partial charge is 0.119 e. The molecule has 0 saturated heterocycles. The zero-order valence-electron chi connectivity index (χ0n) is 10.3. The van der Waals surface area contributed by atoms with Crippen LogP contribution in [0.3, 0.4) is 0 Å². The molecule has 4 heteroatoms. The van der Waals surface area contributed by atoms with Crippen molar-refractivity contribution in [3.05, 3.63) is 46.4 Å². The fraction of sp³-hybridized carbons (Fsp3) is 0.357. The molecule has 0 saturated carbocycles. The Hall–Kier alpha value is -1.06. The van der Waals surface area contributed by atoms with Crippen molar-refractivity contribution in [2.45, 2.75) is 12.8 Å². The number of rotatable bonds is 6. The molecule has 0 aliphatic rings.